The maximum absolute atomic E-state index is 14.8. The van der Waals surface area contributed by atoms with E-state index in [1.54, 1.807) is 6.07 Å². The van der Waals surface area contributed by atoms with Crippen molar-refractivity contribution in [3.63, 3.8) is 0 Å². The number of methoxy groups -OCH3 is 1. The van der Waals surface area contributed by atoms with E-state index in [-0.39, 0.29) is 39.0 Å². The zero-order valence-electron chi connectivity index (χ0n) is 17.9. The van der Waals surface area contributed by atoms with Gasteiger partial charge >= 0.3 is 0 Å². The van der Waals surface area contributed by atoms with Crippen LogP contribution in [0.25, 0.3) is 5.76 Å². The molecule has 0 aromatic heterocycles. The van der Waals surface area contributed by atoms with Gasteiger partial charge in [0.05, 0.1) is 29.3 Å². The SMILES string of the molecule is COc1c(Cl)cc(Cl)cc1/C(O)=C1\C(=O)C(=O)N(CCCN(C)C)C1c1ccccc1F. The Morgan fingerprint density at radius 1 is 1.22 bits per heavy atom. The molecule has 1 aliphatic rings. The van der Waals surface area contributed by atoms with Gasteiger partial charge in [-0.15, -0.1) is 0 Å². The molecule has 170 valence electrons. The second-order valence-corrected chi connectivity index (χ2v) is 8.48. The smallest absolute Gasteiger partial charge is 0.295 e. The van der Waals surface area contributed by atoms with Crippen molar-refractivity contribution >= 4 is 40.7 Å². The number of amides is 1. The summed E-state index contributed by atoms with van der Waals surface area (Å²) in [6, 6.07) is 7.53. The third-order valence-electron chi connectivity index (χ3n) is 5.21. The zero-order valence-corrected chi connectivity index (χ0v) is 19.4. The lowest BCUT2D eigenvalue weighted by molar-refractivity contribution is -0.140. The van der Waals surface area contributed by atoms with Crippen LogP contribution in [0.2, 0.25) is 10.0 Å². The topological polar surface area (TPSA) is 70.1 Å². The molecule has 0 bridgehead atoms. The minimum absolute atomic E-state index is 0.0395. The molecule has 1 amide bonds. The molecule has 0 spiro atoms. The van der Waals surface area contributed by atoms with Crippen LogP contribution in [0.5, 0.6) is 5.75 Å². The zero-order chi connectivity index (χ0) is 23.6. The first-order valence-corrected chi connectivity index (χ1v) is 10.6. The molecule has 3 rings (SSSR count). The van der Waals surface area contributed by atoms with E-state index in [2.05, 4.69) is 0 Å². The van der Waals surface area contributed by atoms with E-state index in [0.717, 1.165) is 0 Å². The van der Waals surface area contributed by atoms with Gasteiger partial charge in [0, 0.05) is 17.1 Å². The minimum Gasteiger partial charge on any atom is -0.507 e. The van der Waals surface area contributed by atoms with Gasteiger partial charge in [-0.05, 0) is 45.3 Å². The summed E-state index contributed by atoms with van der Waals surface area (Å²) in [4.78, 5) is 29.2. The van der Waals surface area contributed by atoms with Crippen molar-refractivity contribution in [2.75, 3.05) is 34.3 Å². The fourth-order valence-corrected chi connectivity index (χ4v) is 4.35. The molecule has 1 N–H and O–H groups in total. The van der Waals surface area contributed by atoms with Gasteiger partial charge in [0.25, 0.3) is 11.7 Å². The third-order valence-corrected chi connectivity index (χ3v) is 5.71. The molecular formula is C23H23Cl2FN2O4. The second-order valence-electron chi connectivity index (χ2n) is 7.64. The lowest BCUT2D eigenvalue weighted by atomic mass is 9.94. The Labute approximate surface area is 195 Å². The number of carbonyl (C=O) groups is 2. The van der Waals surface area contributed by atoms with Gasteiger partial charge in [0.1, 0.15) is 17.3 Å². The number of aliphatic hydroxyl groups excluding tert-OH is 1. The van der Waals surface area contributed by atoms with Crippen LogP contribution in [0, 0.1) is 5.82 Å². The van der Waals surface area contributed by atoms with E-state index in [0.29, 0.717) is 13.0 Å². The number of ketones is 1. The van der Waals surface area contributed by atoms with Gasteiger partial charge in [-0.2, -0.15) is 0 Å². The van der Waals surface area contributed by atoms with Crippen molar-refractivity contribution < 1.29 is 23.8 Å². The molecule has 9 heteroatoms. The van der Waals surface area contributed by atoms with Crippen LogP contribution < -0.4 is 4.74 Å². The van der Waals surface area contributed by atoms with E-state index in [9.17, 15) is 19.1 Å². The summed E-state index contributed by atoms with van der Waals surface area (Å²) in [6.07, 6.45) is 0.553. The summed E-state index contributed by atoms with van der Waals surface area (Å²) in [6.45, 7) is 0.858. The normalized spacial score (nSPS) is 18.0. The third kappa shape index (κ3) is 4.60. The molecule has 0 saturated carbocycles. The molecule has 1 saturated heterocycles. The van der Waals surface area contributed by atoms with Crippen molar-refractivity contribution in [3.05, 3.63) is 69.0 Å². The highest BCUT2D eigenvalue weighted by atomic mass is 35.5. The molecule has 1 aliphatic heterocycles. The van der Waals surface area contributed by atoms with Gasteiger partial charge < -0.3 is 19.6 Å². The molecule has 0 aliphatic carbocycles. The number of hydrogen-bond acceptors (Lipinski definition) is 5. The lowest BCUT2D eigenvalue weighted by Gasteiger charge is -2.26. The monoisotopic (exact) mass is 480 g/mol. The second kappa shape index (κ2) is 9.90. The van der Waals surface area contributed by atoms with Crippen LogP contribution in [-0.2, 0) is 9.59 Å². The Kier molecular flexibility index (Phi) is 7.44. The standard InChI is InChI=1S/C23H23Cl2FN2O4/c1-27(2)9-6-10-28-19(14-7-4-5-8-17(14)26)18(21(30)23(28)31)20(29)15-11-13(24)12-16(25)22(15)32-3/h4-5,7-8,11-12,19,29H,6,9-10H2,1-3H3/b20-18+. The molecule has 2 aromatic carbocycles. The summed E-state index contributed by atoms with van der Waals surface area (Å²) < 4.78 is 20.1. The van der Waals surface area contributed by atoms with Crippen LogP contribution in [-0.4, -0.2) is 60.9 Å². The number of halogens is 3. The number of rotatable bonds is 7. The summed E-state index contributed by atoms with van der Waals surface area (Å²) in [5, 5.41) is 11.5. The Morgan fingerprint density at radius 3 is 2.53 bits per heavy atom. The largest absolute Gasteiger partial charge is 0.507 e. The molecule has 2 aromatic rings. The number of nitrogens with zero attached hydrogens (tertiary/aromatic N) is 2. The van der Waals surface area contributed by atoms with Gasteiger partial charge in [-0.25, -0.2) is 4.39 Å². The van der Waals surface area contributed by atoms with E-state index >= 15 is 0 Å². The number of carbonyl (C=O) groups excluding carboxylic acids is 2. The molecule has 1 fully saturated rings. The van der Waals surface area contributed by atoms with Crippen LogP contribution in [0.15, 0.2) is 42.0 Å². The highest BCUT2D eigenvalue weighted by Gasteiger charge is 2.47. The molecule has 32 heavy (non-hydrogen) atoms. The van der Waals surface area contributed by atoms with Gasteiger partial charge in [-0.3, -0.25) is 9.59 Å². The summed E-state index contributed by atoms with van der Waals surface area (Å²) in [5.41, 5.74) is -0.107. The first kappa shape index (κ1) is 24.0. The van der Waals surface area contributed by atoms with Gasteiger partial charge in [0.15, 0.2) is 0 Å². The van der Waals surface area contributed by atoms with Gasteiger partial charge in [-0.1, -0.05) is 41.4 Å². The number of ether oxygens (including phenoxy) is 1. The van der Waals surface area contributed by atoms with Crippen molar-refractivity contribution in [3.8, 4) is 5.75 Å². The number of likely N-dealkylation sites (tertiary alicyclic amines) is 1. The van der Waals surface area contributed by atoms with E-state index in [1.165, 1.54) is 42.3 Å². The number of benzene rings is 2. The minimum atomic E-state index is -1.11. The summed E-state index contributed by atoms with van der Waals surface area (Å²) >= 11 is 12.3. The Bertz CT molecular complexity index is 1090. The van der Waals surface area contributed by atoms with Gasteiger partial charge in [0.2, 0.25) is 0 Å². The lowest BCUT2D eigenvalue weighted by Crippen LogP contribution is -2.32. The average molecular weight is 481 g/mol. The molecule has 6 nitrogen and oxygen atoms in total. The fourth-order valence-electron chi connectivity index (χ4n) is 3.78. The first-order valence-electron chi connectivity index (χ1n) is 9.88. The Hall–Kier alpha value is -2.61. The molecular weight excluding hydrogens is 458 g/mol. The van der Waals surface area contributed by atoms with E-state index in [1.807, 2.05) is 19.0 Å². The number of Topliss-reactive ketones (excluding diaryl/α,β-unsaturated/α-hetero) is 1. The predicted octanol–water partition coefficient (Wildman–Crippen LogP) is 4.51. The predicted molar refractivity (Wildman–Crippen MR) is 122 cm³/mol. The van der Waals surface area contributed by atoms with Crippen LogP contribution in [0.4, 0.5) is 4.39 Å². The van der Waals surface area contributed by atoms with Crippen LogP contribution in [0.3, 0.4) is 0 Å². The molecule has 1 unspecified atom stereocenters. The summed E-state index contributed by atoms with van der Waals surface area (Å²) in [7, 11) is 5.12. The van der Waals surface area contributed by atoms with Crippen molar-refractivity contribution in [1.29, 1.82) is 0 Å². The quantitative estimate of drug-likeness (QED) is 0.358. The van der Waals surface area contributed by atoms with Crippen molar-refractivity contribution in [1.82, 2.24) is 9.80 Å². The maximum Gasteiger partial charge on any atom is 0.295 e. The van der Waals surface area contributed by atoms with Crippen LogP contribution in [0.1, 0.15) is 23.6 Å². The Morgan fingerprint density at radius 2 is 1.91 bits per heavy atom. The van der Waals surface area contributed by atoms with Crippen molar-refractivity contribution in [2.24, 2.45) is 0 Å². The molecule has 1 heterocycles. The molecule has 1 atom stereocenters. The number of hydrogen-bond donors (Lipinski definition) is 1. The highest BCUT2D eigenvalue weighted by Crippen LogP contribution is 2.43. The highest BCUT2D eigenvalue weighted by molar-refractivity contribution is 6.46. The fraction of sp³-hybridized carbons (Fsp3) is 0.304. The van der Waals surface area contributed by atoms with Crippen LogP contribution >= 0.6 is 23.2 Å². The number of aliphatic hydroxyl groups is 1. The first-order chi connectivity index (χ1) is 15.2. The molecule has 0 radical (unpaired) electrons. The average Bonchev–Trinajstić information content (AvgIpc) is 2.97. The van der Waals surface area contributed by atoms with E-state index < -0.39 is 29.3 Å². The maximum atomic E-state index is 14.8. The Balaban J connectivity index is 2.21. The van der Waals surface area contributed by atoms with E-state index in [4.69, 9.17) is 27.9 Å². The summed E-state index contributed by atoms with van der Waals surface area (Å²) in [5.74, 6) is -2.78. The van der Waals surface area contributed by atoms with Crippen molar-refractivity contribution in [2.45, 2.75) is 12.5 Å².